The number of rotatable bonds is 5. The van der Waals surface area contributed by atoms with E-state index in [-0.39, 0.29) is 5.56 Å². The fourth-order valence-electron chi connectivity index (χ4n) is 2.94. The summed E-state index contributed by atoms with van der Waals surface area (Å²) < 4.78 is 1.68. The minimum atomic E-state index is 0.0313. The molecule has 0 radical (unpaired) electrons. The average Bonchev–Trinajstić information content (AvgIpc) is 3.08. The highest BCUT2D eigenvalue weighted by Gasteiger charge is 2.18. The molecule has 3 rings (SSSR count). The Morgan fingerprint density at radius 3 is 3.14 bits per heavy atom. The lowest BCUT2D eigenvalue weighted by atomic mass is 10.2. The van der Waals surface area contributed by atoms with Gasteiger partial charge < -0.3 is 5.32 Å². The molecule has 0 saturated carbocycles. The Balaban J connectivity index is 1.77. The first-order chi connectivity index (χ1) is 10.2. The van der Waals surface area contributed by atoms with E-state index in [1.165, 1.54) is 24.2 Å². The molecular formula is C15H22N4OS. The van der Waals surface area contributed by atoms with Gasteiger partial charge >= 0.3 is 0 Å². The van der Waals surface area contributed by atoms with Crippen LogP contribution in [0.15, 0.2) is 16.2 Å². The normalized spacial score (nSPS) is 18.9. The maximum atomic E-state index is 12.2. The number of likely N-dealkylation sites (N-methyl/N-ethyl adjacent to an activating group) is 1. The molecule has 114 valence electrons. The summed E-state index contributed by atoms with van der Waals surface area (Å²) in [6, 6.07) is 2.26. The SMILES string of the molecule is CCN(Cc1cc(=O)n2c(C)csc2n1)CC1CCCN1. The van der Waals surface area contributed by atoms with Crippen LogP contribution in [0.3, 0.4) is 0 Å². The molecule has 1 aliphatic heterocycles. The van der Waals surface area contributed by atoms with Gasteiger partial charge in [0.25, 0.3) is 5.56 Å². The molecule has 1 fully saturated rings. The van der Waals surface area contributed by atoms with E-state index in [4.69, 9.17) is 0 Å². The van der Waals surface area contributed by atoms with Crippen LogP contribution >= 0.6 is 11.3 Å². The van der Waals surface area contributed by atoms with Gasteiger partial charge in [-0.25, -0.2) is 4.98 Å². The third-order valence-corrected chi connectivity index (χ3v) is 5.05. The molecule has 1 saturated heterocycles. The fraction of sp³-hybridized carbons (Fsp3) is 0.600. The van der Waals surface area contributed by atoms with Crippen molar-refractivity contribution in [1.82, 2.24) is 19.6 Å². The molecule has 0 amide bonds. The smallest absolute Gasteiger partial charge is 0.259 e. The second kappa shape index (κ2) is 6.25. The lowest BCUT2D eigenvalue weighted by Crippen LogP contribution is -2.37. The lowest BCUT2D eigenvalue weighted by Gasteiger charge is -2.23. The fourth-order valence-corrected chi connectivity index (χ4v) is 3.83. The van der Waals surface area contributed by atoms with E-state index in [1.54, 1.807) is 10.5 Å². The van der Waals surface area contributed by atoms with Gasteiger partial charge in [0, 0.05) is 36.3 Å². The lowest BCUT2D eigenvalue weighted by molar-refractivity contribution is 0.251. The van der Waals surface area contributed by atoms with Gasteiger partial charge in [0.1, 0.15) is 0 Å². The second-order valence-electron chi connectivity index (χ2n) is 5.70. The van der Waals surface area contributed by atoms with E-state index in [0.717, 1.165) is 42.5 Å². The van der Waals surface area contributed by atoms with Crippen LogP contribution in [0.4, 0.5) is 0 Å². The Kier molecular flexibility index (Phi) is 4.37. The minimum Gasteiger partial charge on any atom is -0.313 e. The van der Waals surface area contributed by atoms with E-state index in [2.05, 4.69) is 22.1 Å². The largest absolute Gasteiger partial charge is 0.313 e. The van der Waals surface area contributed by atoms with Crippen molar-refractivity contribution in [1.29, 1.82) is 0 Å². The van der Waals surface area contributed by atoms with Crippen LogP contribution in [-0.2, 0) is 6.54 Å². The van der Waals surface area contributed by atoms with Gasteiger partial charge in [-0.1, -0.05) is 6.92 Å². The molecule has 3 heterocycles. The Bertz CT molecular complexity index is 672. The number of nitrogens with zero attached hydrogens (tertiary/aromatic N) is 3. The van der Waals surface area contributed by atoms with Crippen LogP contribution < -0.4 is 10.9 Å². The summed E-state index contributed by atoms with van der Waals surface area (Å²) >= 11 is 1.53. The van der Waals surface area contributed by atoms with Gasteiger partial charge in [-0.05, 0) is 32.9 Å². The number of thiazole rings is 1. The van der Waals surface area contributed by atoms with Crippen molar-refractivity contribution in [2.75, 3.05) is 19.6 Å². The number of aryl methyl sites for hydroxylation is 1. The van der Waals surface area contributed by atoms with Crippen LogP contribution in [0.1, 0.15) is 31.2 Å². The molecular weight excluding hydrogens is 284 g/mol. The van der Waals surface area contributed by atoms with Crippen molar-refractivity contribution in [3.05, 3.63) is 33.2 Å². The van der Waals surface area contributed by atoms with Crippen LogP contribution in [0.25, 0.3) is 4.96 Å². The first-order valence-electron chi connectivity index (χ1n) is 7.60. The second-order valence-corrected chi connectivity index (χ2v) is 6.54. The maximum Gasteiger partial charge on any atom is 0.259 e. The highest BCUT2D eigenvalue weighted by atomic mass is 32.1. The van der Waals surface area contributed by atoms with Crippen LogP contribution in [0.2, 0.25) is 0 Å². The Morgan fingerprint density at radius 1 is 1.57 bits per heavy atom. The zero-order valence-corrected chi connectivity index (χ0v) is 13.4. The molecule has 21 heavy (non-hydrogen) atoms. The third-order valence-electron chi connectivity index (χ3n) is 4.10. The van der Waals surface area contributed by atoms with Crippen molar-refractivity contribution in [3.63, 3.8) is 0 Å². The standard InChI is InChI=1S/C15H22N4OS/c1-3-18(8-12-5-4-6-16-12)9-13-7-14(20)19-11(2)10-21-15(19)17-13/h7,10,12,16H,3-6,8-9H2,1-2H3. The molecule has 1 unspecified atom stereocenters. The van der Waals surface area contributed by atoms with Gasteiger partial charge in [-0.3, -0.25) is 14.1 Å². The summed E-state index contributed by atoms with van der Waals surface area (Å²) in [5.74, 6) is 0. The highest BCUT2D eigenvalue weighted by Crippen LogP contribution is 2.13. The zero-order valence-electron chi connectivity index (χ0n) is 12.6. The molecule has 6 heteroatoms. The molecule has 0 aliphatic carbocycles. The van der Waals surface area contributed by atoms with Crippen LogP contribution in [0.5, 0.6) is 0 Å². The van der Waals surface area contributed by atoms with Gasteiger partial charge in [-0.15, -0.1) is 11.3 Å². The Labute approximate surface area is 128 Å². The van der Waals surface area contributed by atoms with Gasteiger partial charge in [0.05, 0.1) is 5.69 Å². The van der Waals surface area contributed by atoms with Gasteiger partial charge in [0.2, 0.25) is 0 Å². The van der Waals surface area contributed by atoms with Gasteiger partial charge in [-0.2, -0.15) is 0 Å². The van der Waals surface area contributed by atoms with Crippen LogP contribution in [-0.4, -0.2) is 40.0 Å². The Hall–Kier alpha value is -1.24. The molecule has 1 atom stereocenters. The van der Waals surface area contributed by atoms with Crippen LogP contribution in [0, 0.1) is 6.92 Å². The summed E-state index contributed by atoms with van der Waals surface area (Å²) in [6.45, 7) is 7.98. The first-order valence-corrected chi connectivity index (χ1v) is 8.48. The van der Waals surface area contributed by atoms with E-state index >= 15 is 0 Å². The van der Waals surface area contributed by atoms with E-state index in [9.17, 15) is 4.79 Å². The zero-order chi connectivity index (χ0) is 14.8. The average molecular weight is 306 g/mol. The predicted molar refractivity (Wildman–Crippen MR) is 86.1 cm³/mol. The minimum absolute atomic E-state index is 0.0313. The molecule has 2 aromatic rings. The topological polar surface area (TPSA) is 49.6 Å². The monoisotopic (exact) mass is 306 g/mol. The summed E-state index contributed by atoms with van der Waals surface area (Å²) in [4.78, 5) is 20.0. The maximum absolute atomic E-state index is 12.2. The van der Waals surface area contributed by atoms with Crippen molar-refractivity contribution in [2.24, 2.45) is 0 Å². The molecule has 1 aliphatic rings. The molecule has 1 N–H and O–H groups in total. The van der Waals surface area contributed by atoms with Crippen molar-refractivity contribution >= 4 is 16.3 Å². The molecule has 0 aromatic carbocycles. The summed E-state index contributed by atoms with van der Waals surface area (Å²) in [7, 11) is 0. The Morgan fingerprint density at radius 2 is 2.43 bits per heavy atom. The predicted octanol–water partition coefficient (Wildman–Crippen LogP) is 1.64. The van der Waals surface area contributed by atoms with E-state index in [0.29, 0.717) is 6.04 Å². The van der Waals surface area contributed by atoms with Gasteiger partial charge in [0.15, 0.2) is 4.96 Å². The number of aromatic nitrogens is 2. The first kappa shape index (κ1) is 14.7. The molecule has 0 spiro atoms. The quantitative estimate of drug-likeness (QED) is 0.912. The summed E-state index contributed by atoms with van der Waals surface area (Å²) in [6.07, 6.45) is 2.51. The summed E-state index contributed by atoms with van der Waals surface area (Å²) in [5, 5.41) is 5.51. The molecule has 0 bridgehead atoms. The third kappa shape index (κ3) is 3.17. The van der Waals surface area contributed by atoms with E-state index in [1.807, 2.05) is 12.3 Å². The molecule has 5 nitrogen and oxygen atoms in total. The summed E-state index contributed by atoms with van der Waals surface area (Å²) in [5.41, 5.74) is 1.87. The van der Waals surface area contributed by atoms with Crippen molar-refractivity contribution in [3.8, 4) is 0 Å². The molecule has 2 aromatic heterocycles. The number of hydrogen-bond donors (Lipinski definition) is 1. The highest BCUT2D eigenvalue weighted by molar-refractivity contribution is 7.15. The van der Waals surface area contributed by atoms with E-state index < -0.39 is 0 Å². The number of nitrogens with one attached hydrogen (secondary N) is 1. The number of hydrogen-bond acceptors (Lipinski definition) is 5. The van der Waals surface area contributed by atoms with Crippen molar-refractivity contribution in [2.45, 2.75) is 39.3 Å². The van der Waals surface area contributed by atoms with Crippen molar-refractivity contribution < 1.29 is 0 Å². The number of fused-ring (bicyclic) bond motifs is 1.